The number of likely N-dealkylation sites (tertiary alicyclic amines) is 1. The largest absolute Gasteiger partial charge is 0.314 e. The first-order valence-electron chi connectivity index (χ1n) is 9.23. The third-order valence-corrected chi connectivity index (χ3v) is 5.17. The van der Waals surface area contributed by atoms with E-state index < -0.39 is 0 Å². The van der Waals surface area contributed by atoms with Crippen molar-refractivity contribution in [2.75, 3.05) is 6.54 Å². The van der Waals surface area contributed by atoms with Gasteiger partial charge in [-0.2, -0.15) is 5.10 Å². The Bertz CT molecular complexity index is 892. The first-order chi connectivity index (χ1) is 12.3. The Labute approximate surface area is 154 Å². The number of hydrogen-bond donors (Lipinski definition) is 0. The Morgan fingerprint density at radius 2 is 1.88 bits per heavy atom. The van der Waals surface area contributed by atoms with E-state index in [1.165, 1.54) is 0 Å². The zero-order chi connectivity index (χ0) is 18.9. The summed E-state index contributed by atoms with van der Waals surface area (Å²) in [5.41, 5.74) is 1.78. The molecule has 0 amide bonds. The molecular formula is C20H28N4O2. The average molecular weight is 356 g/mol. The fourth-order valence-corrected chi connectivity index (χ4v) is 3.46. The molecule has 0 radical (unpaired) electrons. The van der Waals surface area contributed by atoms with Crippen LogP contribution in [0.2, 0.25) is 0 Å². The van der Waals surface area contributed by atoms with Crippen LogP contribution >= 0.6 is 0 Å². The van der Waals surface area contributed by atoms with Gasteiger partial charge < -0.3 is 4.57 Å². The van der Waals surface area contributed by atoms with Crippen molar-refractivity contribution in [2.45, 2.75) is 58.2 Å². The highest BCUT2D eigenvalue weighted by atomic mass is 16.1. The summed E-state index contributed by atoms with van der Waals surface area (Å²) in [6.07, 6.45) is 2.13. The van der Waals surface area contributed by atoms with Crippen molar-refractivity contribution >= 4 is 0 Å². The van der Waals surface area contributed by atoms with Gasteiger partial charge >= 0.3 is 0 Å². The third kappa shape index (κ3) is 3.96. The molecular weight excluding hydrogens is 328 g/mol. The summed E-state index contributed by atoms with van der Waals surface area (Å²) in [5.74, 6) is 0. The molecule has 3 rings (SSSR count). The zero-order valence-corrected chi connectivity index (χ0v) is 16.1. The van der Waals surface area contributed by atoms with Gasteiger partial charge in [0, 0.05) is 42.9 Å². The molecule has 0 aromatic carbocycles. The molecule has 0 N–H and O–H groups in total. The van der Waals surface area contributed by atoms with Crippen molar-refractivity contribution in [2.24, 2.45) is 7.05 Å². The Kier molecular flexibility index (Phi) is 5.14. The van der Waals surface area contributed by atoms with E-state index in [1.807, 2.05) is 25.2 Å². The van der Waals surface area contributed by atoms with Gasteiger partial charge in [0.05, 0.1) is 12.2 Å². The number of nitrogens with zero attached hydrogens (tertiary/aromatic N) is 4. The smallest absolute Gasteiger partial charge is 0.266 e. The second-order valence-corrected chi connectivity index (χ2v) is 8.17. The molecule has 2 aromatic heterocycles. The van der Waals surface area contributed by atoms with E-state index in [1.54, 1.807) is 21.4 Å². The Morgan fingerprint density at radius 1 is 1.12 bits per heavy atom. The summed E-state index contributed by atoms with van der Waals surface area (Å²) in [4.78, 5) is 26.5. The maximum absolute atomic E-state index is 12.3. The van der Waals surface area contributed by atoms with Gasteiger partial charge in [0.25, 0.3) is 5.56 Å². The molecule has 0 bridgehead atoms. The van der Waals surface area contributed by atoms with E-state index in [0.29, 0.717) is 13.1 Å². The van der Waals surface area contributed by atoms with Crippen molar-refractivity contribution in [1.29, 1.82) is 0 Å². The Hall–Kier alpha value is -2.21. The molecule has 0 saturated carbocycles. The van der Waals surface area contributed by atoms with Crippen molar-refractivity contribution in [3.63, 3.8) is 0 Å². The van der Waals surface area contributed by atoms with Crippen LogP contribution in [-0.4, -0.2) is 31.8 Å². The van der Waals surface area contributed by atoms with Gasteiger partial charge in [0.2, 0.25) is 5.56 Å². The van der Waals surface area contributed by atoms with Gasteiger partial charge in [0.1, 0.15) is 0 Å². The average Bonchev–Trinajstić information content (AvgIpc) is 3.00. The van der Waals surface area contributed by atoms with E-state index >= 15 is 0 Å². The van der Waals surface area contributed by atoms with Crippen LogP contribution in [0.5, 0.6) is 0 Å². The normalized spacial score (nSPS) is 18.4. The minimum absolute atomic E-state index is 0.00834. The van der Waals surface area contributed by atoms with Crippen LogP contribution in [0.3, 0.4) is 0 Å². The molecule has 1 saturated heterocycles. The molecule has 140 valence electrons. The second-order valence-electron chi connectivity index (χ2n) is 8.17. The Morgan fingerprint density at radius 3 is 2.62 bits per heavy atom. The van der Waals surface area contributed by atoms with E-state index in [4.69, 9.17) is 0 Å². The predicted octanol–water partition coefficient (Wildman–Crippen LogP) is 1.90. The Balaban J connectivity index is 1.80. The van der Waals surface area contributed by atoms with E-state index in [9.17, 15) is 9.59 Å². The molecule has 1 aliphatic heterocycles. The lowest BCUT2D eigenvalue weighted by Crippen LogP contribution is -2.38. The first-order valence-corrected chi connectivity index (χ1v) is 9.23. The van der Waals surface area contributed by atoms with Crippen LogP contribution in [-0.2, 0) is 25.6 Å². The molecule has 0 spiro atoms. The number of hydrogen-bond acceptors (Lipinski definition) is 4. The van der Waals surface area contributed by atoms with Crippen molar-refractivity contribution in [3.8, 4) is 0 Å². The molecule has 1 aliphatic rings. The van der Waals surface area contributed by atoms with Crippen LogP contribution in [0.4, 0.5) is 0 Å². The van der Waals surface area contributed by atoms with E-state index in [-0.39, 0.29) is 22.6 Å². The van der Waals surface area contributed by atoms with E-state index in [0.717, 1.165) is 30.8 Å². The summed E-state index contributed by atoms with van der Waals surface area (Å²) >= 11 is 0. The lowest BCUT2D eigenvalue weighted by atomic mass is 9.92. The van der Waals surface area contributed by atoms with Crippen LogP contribution in [0.25, 0.3) is 0 Å². The number of rotatable bonds is 4. The highest BCUT2D eigenvalue weighted by Gasteiger charge is 2.26. The number of aromatic nitrogens is 3. The fraction of sp³-hybridized carbons (Fsp3) is 0.550. The number of pyridine rings is 1. The van der Waals surface area contributed by atoms with Crippen LogP contribution < -0.4 is 11.1 Å². The van der Waals surface area contributed by atoms with Gasteiger partial charge in [-0.05, 0) is 31.5 Å². The zero-order valence-electron chi connectivity index (χ0n) is 16.1. The molecule has 3 heterocycles. The summed E-state index contributed by atoms with van der Waals surface area (Å²) in [5, 5.41) is 4.60. The summed E-state index contributed by atoms with van der Waals surface area (Å²) < 4.78 is 3.30. The summed E-state index contributed by atoms with van der Waals surface area (Å²) in [6, 6.07) is 9.07. The third-order valence-electron chi connectivity index (χ3n) is 5.17. The topological polar surface area (TPSA) is 60.1 Å². The van der Waals surface area contributed by atoms with Gasteiger partial charge in [-0.3, -0.25) is 14.5 Å². The van der Waals surface area contributed by atoms with Crippen molar-refractivity contribution in [1.82, 2.24) is 19.2 Å². The quantitative estimate of drug-likeness (QED) is 0.840. The lowest BCUT2D eigenvalue weighted by molar-refractivity contribution is 0.211. The monoisotopic (exact) mass is 356 g/mol. The fourth-order valence-electron chi connectivity index (χ4n) is 3.46. The summed E-state index contributed by atoms with van der Waals surface area (Å²) in [6.45, 7) is 8.57. The van der Waals surface area contributed by atoms with Gasteiger partial charge in [0.15, 0.2) is 0 Å². The van der Waals surface area contributed by atoms with Gasteiger partial charge in [-0.1, -0.05) is 26.8 Å². The maximum atomic E-state index is 12.3. The highest BCUT2D eigenvalue weighted by molar-refractivity contribution is 5.11. The van der Waals surface area contributed by atoms with Crippen LogP contribution in [0.1, 0.15) is 45.0 Å². The second kappa shape index (κ2) is 7.19. The van der Waals surface area contributed by atoms with Crippen LogP contribution in [0.15, 0.2) is 39.9 Å². The van der Waals surface area contributed by atoms with E-state index in [2.05, 4.69) is 30.8 Å². The standard InChI is InChI=1S/C20H28N4O2/c1-20(2,3)17-10-11-19(26)24(21-17)14-16-8-6-12-23(16)13-15-7-5-9-18(25)22(15)4/h5,7,9-11,16H,6,8,12-14H2,1-4H3. The predicted molar refractivity (Wildman–Crippen MR) is 102 cm³/mol. The van der Waals surface area contributed by atoms with Crippen molar-refractivity contribution < 1.29 is 0 Å². The highest BCUT2D eigenvalue weighted by Crippen LogP contribution is 2.22. The van der Waals surface area contributed by atoms with Crippen LogP contribution in [0, 0.1) is 0 Å². The minimum atomic E-state index is -0.0901. The molecule has 26 heavy (non-hydrogen) atoms. The molecule has 0 aliphatic carbocycles. The SMILES string of the molecule is Cn1c(CN2CCCC2Cn2nc(C(C)(C)C)ccc2=O)cccc1=O. The van der Waals surface area contributed by atoms with Crippen molar-refractivity contribution in [3.05, 3.63) is 62.4 Å². The first kappa shape index (κ1) is 18.6. The maximum Gasteiger partial charge on any atom is 0.266 e. The molecule has 6 nitrogen and oxygen atoms in total. The molecule has 1 unspecified atom stereocenters. The molecule has 6 heteroatoms. The van der Waals surface area contributed by atoms with Gasteiger partial charge in [-0.25, -0.2) is 4.68 Å². The molecule has 1 atom stereocenters. The summed E-state index contributed by atoms with van der Waals surface area (Å²) in [7, 11) is 1.81. The minimum Gasteiger partial charge on any atom is -0.314 e. The molecule has 1 fully saturated rings. The van der Waals surface area contributed by atoms with Gasteiger partial charge in [-0.15, -0.1) is 0 Å². The molecule has 2 aromatic rings. The lowest BCUT2D eigenvalue weighted by Gasteiger charge is -2.26.